The van der Waals surface area contributed by atoms with E-state index in [1.54, 1.807) is 5.48 Å². The van der Waals surface area contributed by atoms with Crippen molar-refractivity contribution in [1.29, 1.82) is 0 Å². The molecule has 0 aliphatic heterocycles. The summed E-state index contributed by atoms with van der Waals surface area (Å²) in [5, 5.41) is 0. The van der Waals surface area contributed by atoms with Crippen molar-refractivity contribution in [3.8, 4) is 0 Å². The molecule has 1 saturated carbocycles. The van der Waals surface area contributed by atoms with E-state index in [2.05, 4.69) is 4.84 Å². The van der Waals surface area contributed by atoms with E-state index in [4.69, 9.17) is 0 Å². The number of carbonyl (C=O) groups excluding carboxylic acids is 2. The SMILES string of the molecule is CC(F)(F)CC(=O)NOC(=O)C1CCCC1. The van der Waals surface area contributed by atoms with Crippen LogP contribution >= 0.6 is 0 Å². The summed E-state index contributed by atoms with van der Waals surface area (Å²) in [7, 11) is 0. The fourth-order valence-corrected chi connectivity index (χ4v) is 1.67. The molecule has 0 aromatic heterocycles. The lowest BCUT2D eigenvalue weighted by Gasteiger charge is -2.11. The highest BCUT2D eigenvalue weighted by atomic mass is 19.3. The second-order valence-electron chi connectivity index (χ2n) is 4.17. The summed E-state index contributed by atoms with van der Waals surface area (Å²) in [6.45, 7) is 0.630. The van der Waals surface area contributed by atoms with Crippen LogP contribution in [-0.2, 0) is 14.4 Å². The molecule has 0 atom stereocenters. The minimum absolute atomic E-state index is 0.206. The number of nitrogens with one attached hydrogen (secondary N) is 1. The Morgan fingerprint density at radius 2 is 1.94 bits per heavy atom. The second kappa shape index (κ2) is 5.23. The van der Waals surface area contributed by atoms with Gasteiger partial charge in [0, 0.05) is 0 Å². The maximum atomic E-state index is 12.4. The monoisotopic (exact) mass is 235 g/mol. The van der Waals surface area contributed by atoms with Gasteiger partial charge in [0.05, 0.1) is 12.3 Å². The molecule has 1 aliphatic rings. The van der Waals surface area contributed by atoms with Gasteiger partial charge >= 0.3 is 5.97 Å². The Kier molecular flexibility index (Phi) is 4.20. The molecule has 6 heteroatoms. The highest BCUT2D eigenvalue weighted by molar-refractivity contribution is 5.79. The third-order valence-electron chi connectivity index (χ3n) is 2.42. The Balaban J connectivity index is 2.23. The molecule has 0 aromatic rings. The fourth-order valence-electron chi connectivity index (χ4n) is 1.67. The highest BCUT2D eigenvalue weighted by Gasteiger charge is 2.28. The van der Waals surface area contributed by atoms with Gasteiger partial charge in [0.15, 0.2) is 0 Å². The first-order chi connectivity index (χ1) is 7.38. The third kappa shape index (κ3) is 4.55. The first kappa shape index (κ1) is 12.9. The number of hydroxylamine groups is 1. The van der Waals surface area contributed by atoms with Crippen LogP contribution < -0.4 is 5.48 Å². The molecular weight excluding hydrogens is 220 g/mol. The number of hydrogen-bond donors (Lipinski definition) is 1. The summed E-state index contributed by atoms with van der Waals surface area (Å²) in [5.41, 5.74) is 1.75. The molecule has 1 fully saturated rings. The Bertz CT molecular complexity index is 270. The molecule has 0 spiro atoms. The summed E-state index contributed by atoms with van der Waals surface area (Å²) in [6, 6.07) is 0. The average molecular weight is 235 g/mol. The summed E-state index contributed by atoms with van der Waals surface area (Å²) in [6.07, 6.45) is 2.41. The summed E-state index contributed by atoms with van der Waals surface area (Å²) in [5.74, 6) is -4.82. The standard InChI is InChI=1S/C10H15F2NO3/c1-10(11,12)6-8(14)13-16-9(15)7-4-2-3-5-7/h7H,2-6H2,1H3,(H,13,14). The van der Waals surface area contributed by atoms with Crippen molar-refractivity contribution in [3.05, 3.63) is 0 Å². The molecule has 1 amide bonds. The number of carbonyl (C=O) groups is 2. The van der Waals surface area contributed by atoms with Gasteiger partial charge in [-0.05, 0) is 19.8 Å². The summed E-state index contributed by atoms with van der Waals surface area (Å²) in [4.78, 5) is 26.7. The van der Waals surface area contributed by atoms with Crippen LogP contribution in [0.4, 0.5) is 8.78 Å². The summed E-state index contributed by atoms with van der Waals surface area (Å²) < 4.78 is 24.8. The van der Waals surface area contributed by atoms with E-state index in [-0.39, 0.29) is 5.92 Å². The molecule has 92 valence electrons. The normalized spacial score (nSPS) is 17.2. The molecular formula is C10H15F2NO3. The zero-order valence-electron chi connectivity index (χ0n) is 9.09. The molecule has 0 saturated heterocycles. The molecule has 0 aromatic carbocycles. The van der Waals surface area contributed by atoms with Crippen LogP contribution in [0.25, 0.3) is 0 Å². The van der Waals surface area contributed by atoms with Crippen LogP contribution in [0.5, 0.6) is 0 Å². The molecule has 1 aliphatic carbocycles. The second-order valence-corrected chi connectivity index (χ2v) is 4.17. The van der Waals surface area contributed by atoms with E-state index in [1.165, 1.54) is 0 Å². The topological polar surface area (TPSA) is 55.4 Å². The Morgan fingerprint density at radius 1 is 1.38 bits per heavy atom. The molecule has 0 heterocycles. The minimum Gasteiger partial charge on any atom is -0.340 e. The lowest BCUT2D eigenvalue weighted by atomic mass is 10.1. The van der Waals surface area contributed by atoms with Gasteiger partial charge in [-0.15, -0.1) is 0 Å². The lowest BCUT2D eigenvalue weighted by molar-refractivity contribution is -0.164. The number of alkyl halides is 2. The van der Waals surface area contributed by atoms with Crippen LogP contribution in [0.1, 0.15) is 39.0 Å². The van der Waals surface area contributed by atoms with Crippen LogP contribution in [0.15, 0.2) is 0 Å². The maximum Gasteiger partial charge on any atom is 0.335 e. The smallest absolute Gasteiger partial charge is 0.335 e. The molecule has 16 heavy (non-hydrogen) atoms. The van der Waals surface area contributed by atoms with Crippen molar-refractivity contribution in [3.63, 3.8) is 0 Å². The number of halogens is 2. The van der Waals surface area contributed by atoms with E-state index in [1.807, 2.05) is 0 Å². The Hall–Kier alpha value is -1.20. The molecule has 4 nitrogen and oxygen atoms in total. The predicted octanol–water partition coefficient (Wildman–Crippen LogP) is 1.80. The van der Waals surface area contributed by atoms with Gasteiger partial charge in [0.2, 0.25) is 0 Å². The van der Waals surface area contributed by atoms with E-state index in [9.17, 15) is 18.4 Å². The van der Waals surface area contributed by atoms with Gasteiger partial charge in [0.25, 0.3) is 11.8 Å². The van der Waals surface area contributed by atoms with Crippen molar-refractivity contribution in [2.24, 2.45) is 5.92 Å². The molecule has 0 unspecified atom stereocenters. The van der Waals surface area contributed by atoms with Crippen LogP contribution in [0, 0.1) is 5.92 Å². The maximum absolute atomic E-state index is 12.4. The lowest BCUT2D eigenvalue weighted by Crippen LogP contribution is -2.33. The van der Waals surface area contributed by atoms with Gasteiger partial charge in [-0.3, -0.25) is 4.79 Å². The zero-order chi connectivity index (χ0) is 12.2. The van der Waals surface area contributed by atoms with Gasteiger partial charge in [-0.25, -0.2) is 13.6 Å². The van der Waals surface area contributed by atoms with E-state index >= 15 is 0 Å². The van der Waals surface area contributed by atoms with Crippen molar-refractivity contribution >= 4 is 11.9 Å². The first-order valence-electron chi connectivity index (χ1n) is 5.26. The first-order valence-corrected chi connectivity index (χ1v) is 5.26. The zero-order valence-corrected chi connectivity index (χ0v) is 9.09. The van der Waals surface area contributed by atoms with Crippen LogP contribution in [0.2, 0.25) is 0 Å². The molecule has 0 radical (unpaired) electrons. The Morgan fingerprint density at radius 3 is 2.44 bits per heavy atom. The van der Waals surface area contributed by atoms with Crippen molar-refractivity contribution in [2.45, 2.75) is 45.0 Å². The average Bonchev–Trinajstić information content (AvgIpc) is 2.64. The minimum atomic E-state index is -3.09. The van der Waals surface area contributed by atoms with Crippen molar-refractivity contribution in [2.75, 3.05) is 0 Å². The largest absolute Gasteiger partial charge is 0.340 e. The van der Waals surface area contributed by atoms with E-state index in [0.717, 1.165) is 25.7 Å². The van der Waals surface area contributed by atoms with Crippen LogP contribution in [0.3, 0.4) is 0 Å². The van der Waals surface area contributed by atoms with E-state index < -0.39 is 24.2 Å². The number of amides is 1. The number of rotatable bonds is 3. The molecule has 1 rings (SSSR count). The van der Waals surface area contributed by atoms with Crippen molar-refractivity contribution in [1.82, 2.24) is 5.48 Å². The van der Waals surface area contributed by atoms with Gasteiger partial charge in [0.1, 0.15) is 0 Å². The van der Waals surface area contributed by atoms with E-state index in [0.29, 0.717) is 6.92 Å². The van der Waals surface area contributed by atoms with Gasteiger partial charge in [-0.1, -0.05) is 12.8 Å². The molecule has 0 bridgehead atoms. The Labute approximate surface area is 92.3 Å². The van der Waals surface area contributed by atoms with Crippen molar-refractivity contribution < 1.29 is 23.2 Å². The summed E-state index contributed by atoms with van der Waals surface area (Å²) >= 11 is 0. The molecule has 1 N–H and O–H groups in total. The third-order valence-corrected chi connectivity index (χ3v) is 2.42. The van der Waals surface area contributed by atoms with Crippen LogP contribution in [-0.4, -0.2) is 17.8 Å². The van der Waals surface area contributed by atoms with Gasteiger partial charge in [-0.2, -0.15) is 5.48 Å². The highest BCUT2D eigenvalue weighted by Crippen LogP contribution is 2.25. The van der Waals surface area contributed by atoms with Gasteiger partial charge < -0.3 is 4.84 Å². The number of hydrogen-bond acceptors (Lipinski definition) is 3. The fraction of sp³-hybridized carbons (Fsp3) is 0.800. The quantitative estimate of drug-likeness (QED) is 0.759. The predicted molar refractivity (Wildman–Crippen MR) is 51.4 cm³/mol.